The first-order valence-electron chi connectivity index (χ1n) is 8.22. The highest BCUT2D eigenvalue weighted by molar-refractivity contribution is 5.37. The molecule has 1 aromatic carbocycles. The monoisotopic (exact) mass is 314 g/mol. The quantitative estimate of drug-likeness (QED) is 0.620. The molecule has 0 unspecified atom stereocenters. The summed E-state index contributed by atoms with van der Waals surface area (Å²) in [7, 11) is 0. The maximum absolute atomic E-state index is 14.1. The second-order valence-corrected chi connectivity index (χ2v) is 6.40. The summed E-state index contributed by atoms with van der Waals surface area (Å²) < 4.78 is 45.4. The second-order valence-electron chi connectivity index (χ2n) is 6.40. The molecule has 1 saturated carbocycles. The van der Waals surface area contributed by atoms with Crippen molar-refractivity contribution in [2.45, 2.75) is 58.8 Å². The Labute approximate surface area is 130 Å². The molecule has 0 heterocycles. The highest BCUT2D eigenvalue weighted by atomic mass is 19.3. The van der Waals surface area contributed by atoms with Crippen molar-refractivity contribution in [3.8, 4) is 5.75 Å². The van der Waals surface area contributed by atoms with E-state index < -0.39 is 17.8 Å². The normalized spacial score (nSPS) is 22.1. The number of halogens is 3. The molecule has 22 heavy (non-hydrogen) atoms. The minimum Gasteiger partial charge on any atom is -0.490 e. The molecule has 4 heteroatoms. The van der Waals surface area contributed by atoms with Crippen LogP contribution in [-0.2, 0) is 0 Å². The molecule has 2 rings (SSSR count). The van der Waals surface area contributed by atoms with Crippen LogP contribution in [0.25, 0.3) is 0 Å². The molecule has 0 N–H and O–H groups in total. The van der Waals surface area contributed by atoms with Crippen LogP contribution in [0.15, 0.2) is 12.1 Å². The fourth-order valence-corrected chi connectivity index (χ4v) is 3.35. The zero-order valence-electron chi connectivity index (χ0n) is 13.4. The Hall–Kier alpha value is -1.19. The van der Waals surface area contributed by atoms with Gasteiger partial charge in [-0.1, -0.05) is 38.7 Å². The van der Waals surface area contributed by atoms with Gasteiger partial charge in [-0.3, -0.25) is 0 Å². The van der Waals surface area contributed by atoms with E-state index in [1.165, 1.54) is 44.7 Å². The number of benzene rings is 1. The number of hydrogen-bond acceptors (Lipinski definition) is 1. The lowest BCUT2D eigenvalue weighted by atomic mass is 9.80. The van der Waals surface area contributed by atoms with Gasteiger partial charge in [0.15, 0.2) is 11.6 Å². The molecule has 1 fully saturated rings. The molecule has 0 aromatic heterocycles. The predicted molar refractivity (Wildman–Crippen MR) is 81.9 cm³/mol. The van der Waals surface area contributed by atoms with Crippen molar-refractivity contribution in [3.05, 3.63) is 29.1 Å². The molecular formula is C18H25F3O. The van der Waals surface area contributed by atoms with E-state index in [1.807, 2.05) is 0 Å². The molecule has 1 nitrogen and oxygen atoms in total. The van der Waals surface area contributed by atoms with Gasteiger partial charge in [0.25, 0.3) is 6.43 Å². The van der Waals surface area contributed by atoms with Crippen molar-refractivity contribution < 1.29 is 17.9 Å². The molecule has 1 aromatic rings. The van der Waals surface area contributed by atoms with Gasteiger partial charge in [-0.05, 0) is 43.2 Å². The Bertz CT molecular complexity index is 479. The fourth-order valence-electron chi connectivity index (χ4n) is 3.35. The van der Waals surface area contributed by atoms with E-state index in [2.05, 4.69) is 6.92 Å². The zero-order chi connectivity index (χ0) is 16.1. The van der Waals surface area contributed by atoms with Crippen LogP contribution in [0, 0.1) is 24.6 Å². The van der Waals surface area contributed by atoms with E-state index >= 15 is 0 Å². The molecule has 0 radical (unpaired) electrons. The average molecular weight is 314 g/mol. The summed E-state index contributed by atoms with van der Waals surface area (Å²) in [6, 6.07) is 2.96. The van der Waals surface area contributed by atoms with E-state index in [-0.39, 0.29) is 11.3 Å². The molecule has 124 valence electrons. The smallest absolute Gasteiger partial charge is 0.267 e. The van der Waals surface area contributed by atoms with Crippen LogP contribution in [0.1, 0.15) is 63.0 Å². The van der Waals surface area contributed by atoms with E-state index in [1.54, 1.807) is 0 Å². The van der Waals surface area contributed by atoms with Gasteiger partial charge < -0.3 is 4.74 Å². The lowest BCUT2D eigenvalue weighted by molar-refractivity contribution is 0.141. The standard InChI is InChI=1S/C18H25F3O/c1-3-4-13-6-8-14(9-7-13)11-22-15-10-5-12(2)16(17(15)19)18(20)21/h5,10,13-14,18H,3-4,6-9,11H2,1-2H3. The minimum absolute atomic E-state index is 0.0448. The maximum Gasteiger partial charge on any atom is 0.267 e. The van der Waals surface area contributed by atoms with E-state index in [9.17, 15) is 13.2 Å². The molecule has 0 atom stereocenters. The highest BCUT2D eigenvalue weighted by Crippen LogP contribution is 2.34. The third-order valence-corrected chi connectivity index (χ3v) is 4.72. The Kier molecular flexibility index (Phi) is 6.16. The van der Waals surface area contributed by atoms with Crippen LogP contribution in [0.5, 0.6) is 5.75 Å². The van der Waals surface area contributed by atoms with Gasteiger partial charge in [0, 0.05) is 0 Å². The summed E-state index contributed by atoms with van der Waals surface area (Å²) in [6.45, 7) is 4.11. The van der Waals surface area contributed by atoms with Gasteiger partial charge in [-0.25, -0.2) is 13.2 Å². The van der Waals surface area contributed by atoms with Crippen molar-refractivity contribution in [1.82, 2.24) is 0 Å². The van der Waals surface area contributed by atoms with Crippen LogP contribution in [-0.4, -0.2) is 6.61 Å². The number of rotatable bonds is 6. The molecule has 1 aliphatic rings. The number of hydrogen-bond donors (Lipinski definition) is 0. The minimum atomic E-state index is -2.81. The average Bonchev–Trinajstić information content (AvgIpc) is 2.48. The van der Waals surface area contributed by atoms with Gasteiger partial charge in [0.1, 0.15) is 0 Å². The van der Waals surface area contributed by atoms with Crippen LogP contribution >= 0.6 is 0 Å². The summed E-state index contributed by atoms with van der Waals surface area (Å²) in [5.74, 6) is 0.262. The van der Waals surface area contributed by atoms with E-state index in [4.69, 9.17) is 4.74 Å². The molecule has 0 amide bonds. The van der Waals surface area contributed by atoms with Gasteiger partial charge in [-0.15, -0.1) is 0 Å². The SMILES string of the molecule is CCCC1CCC(COc2ccc(C)c(C(F)F)c2F)CC1. The maximum atomic E-state index is 14.1. The van der Waals surface area contributed by atoms with E-state index in [0.29, 0.717) is 12.5 Å². The summed E-state index contributed by atoms with van der Waals surface area (Å²) in [5.41, 5.74) is -0.274. The van der Waals surface area contributed by atoms with Crippen LogP contribution in [0.2, 0.25) is 0 Å². The highest BCUT2D eigenvalue weighted by Gasteiger charge is 2.23. The van der Waals surface area contributed by atoms with Crippen LogP contribution in [0.3, 0.4) is 0 Å². The Morgan fingerprint density at radius 2 is 1.77 bits per heavy atom. The van der Waals surface area contributed by atoms with E-state index in [0.717, 1.165) is 18.8 Å². The zero-order valence-corrected chi connectivity index (χ0v) is 13.4. The lowest BCUT2D eigenvalue weighted by Crippen LogP contribution is -2.20. The first kappa shape index (κ1) is 17.2. The van der Waals surface area contributed by atoms with Gasteiger partial charge >= 0.3 is 0 Å². The van der Waals surface area contributed by atoms with Gasteiger partial charge in [0.05, 0.1) is 12.2 Å². The van der Waals surface area contributed by atoms with Crippen LogP contribution in [0.4, 0.5) is 13.2 Å². The predicted octanol–water partition coefficient (Wildman–Crippen LogP) is 6.06. The van der Waals surface area contributed by atoms with Crippen molar-refractivity contribution in [3.63, 3.8) is 0 Å². The Morgan fingerprint density at radius 1 is 1.14 bits per heavy atom. The lowest BCUT2D eigenvalue weighted by Gasteiger charge is -2.28. The molecule has 0 aliphatic heterocycles. The third-order valence-electron chi connectivity index (χ3n) is 4.72. The van der Waals surface area contributed by atoms with Crippen molar-refractivity contribution in [2.24, 2.45) is 11.8 Å². The first-order chi connectivity index (χ1) is 10.5. The molecule has 0 spiro atoms. The Morgan fingerprint density at radius 3 is 2.36 bits per heavy atom. The molecule has 0 saturated heterocycles. The first-order valence-corrected chi connectivity index (χ1v) is 8.22. The Balaban J connectivity index is 1.91. The molecule has 0 bridgehead atoms. The van der Waals surface area contributed by atoms with Crippen molar-refractivity contribution in [1.29, 1.82) is 0 Å². The molecular weight excluding hydrogens is 289 g/mol. The molecule has 1 aliphatic carbocycles. The van der Waals surface area contributed by atoms with Crippen LogP contribution < -0.4 is 4.74 Å². The van der Waals surface area contributed by atoms with Crippen molar-refractivity contribution >= 4 is 0 Å². The number of alkyl halides is 2. The topological polar surface area (TPSA) is 9.23 Å². The van der Waals surface area contributed by atoms with Gasteiger partial charge in [0.2, 0.25) is 0 Å². The number of ether oxygens (including phenoxy) is 1. The summed E-state index contributed by atoms with van der Waals surface area (Å²) in [6.07, 6.45) is 4.24. The summed E-state index contributed by atoms with van der Waals surface area (Å²) in [4.78, 5) is 0. The largest absolute Gasteiger partial charge is 0.490 e. The van der Waals surface area contributed by atoms with Crippen molar-refractivity contribution in [2.75, 3.05) is 6.61 Å². The second kappa shape index (κ2) is 7.89. The fraction of sp³-hybridized carbons (Fsp3) is 0.667. The summed E-state index contributed by atoms with van der Waals surface area (Å²) in [5, 5.41) is 0. The third kappa shape index (κ3) is 4.17. The summed E-state index contributed by atoms with van der Waals surface area (Å²) >= 11 is 0. The van der Waals surface area contributed by atoms with Gasteiger partial charge in [-0.2, -0.15) is 0 Å². The number of aryl methyl sites for hydroxylation is 1.